The van der Waals surface area contributed by atoms with Crippen LogP contribution in [-0.4, -0.2) is 0 Å². The molecule has 0 saturated carbocycles. The van der Waals surface area contributed by atoms with Crippen molar-refractivity contribution in [3.8, 4) is 0 Å². The van der Waals surface area contributed by atoms with Crippen molar-refractivity contribution in [1.29, 1.82) is 0 Å². The average Bonchev–Trinajstić information content (AvgIpc) is 2.77. The third kappa shape index (κ3) is 7.02. The summed E-state index contributed by atoms with van der Waals surface area (Å²) < 4.78 is 0. The molecule has 2 aromatic rings. The van der Waals surface area contributed by atoms with Crippen molar-refractivity contribution in [2.24, 2.45) is 0 Å². The highest BCUT2D eigenvalue weighted by Gasteiger charge is 2.15. The monoisotopic (exact) mass is 422 g/mol. The lowest BCUT2D eigenvalue weighted by Gasteiger charge is -2.20. The van der Waals surface area contributed by atoms with Gasteiger partial charge in [-0.1, -0.05) is 77.6 Å². The zero-order chi connectivity index (χ0) is 22.6. The molecule has 0 aromatic heterocycles. The van der Waals surface area contributed by atoms with Crippen LogP contribution in [0.3, 0.4) is 0 Å². The van der Waals surface area contributed by atoms with Gasteiger partial charge in [0.25, 0.3) is 0 Å². The van der Waals surface area contributed by atoms with E-state index in [4.69, 9.17) is 11.5 Å². The Hall–Kier alpha value is -1.96. The number of rotatable bonds is 14. The summed E-state index contributed by atoms with van der Waals surface area (Å²) in [6.07, 6.45) is 14.8. The normalized spacial score (nSPS) is 11.2. The first kappa shape index (κ1) is 25.3. The van der Waals surface area contributed by atoms with Crippen molar-refractivity contribution in [2.45, 2.75) is 111 Å². The van der Waals surface area contributed by atoms with E-state index in [1.54, 1.807) is 0 Å². The molecule has 2 nitrogen and oxygen atoms in total. The Morgan fingerprint density at radius 1 is 0.484 bits per heavy atom. The average molecular weight is 423 g/mol. The fraction of sp³-hybridized carbons (Fsp3) is 0.586. The van der Waals surface area contributed by atoms with Gasteiger partial charge in [0.15, 0.2) is 0 Å². The molecule has 0 bridgehead atoms. The van der Waals surface area contributed by atoms with Gasteiger partial charge in [-0.2, -0.15) is 0 Å². The van der Waals surface area contributed by atoms with Crippen LogP contribution in [-0.2, 0) is 32.1 Å². The molecule has 0 aliphatic heterocycles. The maximum absolute atomic E-state index is 6.72. The highest BCUT2D eigenvalue weighted by Crippen LogP contribution is 2.31. The van der Waals surface area contributed by atoms with Gasteiger partial charge in [-0.25, -0.2) is 0 Å². The Labute approximate surface area is 191 Å². The number of anilines is 2. The lowest BCUT2D eigenvalue weighted by molar-refractivity contribution is 0.772. The first-order chi connectivity index (χ1) is 15.1. The minimum Gasteiger partial charge on any atom is -0.398 e. The van der Waals surface area contributed by atoms with E-state index < -0.39 is 0 Å². The zero-order valence-corrected chi connectivity index (χ0v) is 20.7. The molecule has 4 N–H and O–H groups in total. The standard InChI is InChI=1S/C29H46N2/c1-5-9-13-22-17-19-24(26(28(22)30)15-11-7-3)21-25-20-18-23(14-10-6-2)29(31)27(25)16-12-8-4/h17-20H,5-16,21,30-31H2,1-4H3. The van der Waals surface area contributed by atoms with Crippen LogP contribution in [0.2, 0.25) is 0 Å². The van der Waals surface area contributed by atoms with E-state index in [1.165, 1.54) is 84.7 Å². The maximum atomic E-state index is 6.72. The minimum atomic E-state index is 0.939. The topological polar surface area (TPSA) is 52.0 Å². The molecule has 0 radical (unpaired) electrons. The molecule has 0 atom stereocenters. The smallest absolute Gasteiger partial charge is 0.0382 e. The SMILES string of the molecule is CCCCc1ccc(Cc2ccc(CCCC)c(N)c2CCCC)c(CCCC)c1N. The number of nitrogens with two attached hydrogens (primary N) is 2. The molecule has 0 aliphatic carbocycles. The summed E-state index contributed by atoms with van der Waals surface area (Å²) in [5, 5.41) is 0. The Kier molecular flexibility index (Phi) is 11.0. The van der Waals surface area contributed by atoms with Gasteiger partial charge in [-0.05, 0) is 91.2 Å². The van der Waals surface area contributed by atoms with Crippen LogP contribution in [0, 0.1) is 0 Å². The second-order valence-corrected chi connectivity index (χ2v) is 9.14. The van der Waals surface area contributed by atoms with Gasteiger partial charge < -0.3 is 11.5 Å². The summed E-state index contributed by atoms with van der Waals surface area (Å²) in [4.78, 5) is 0. The van der Waals surface area contributed by atoms with Gasteiger partial charge in [0, 0.05) is 11.4 Å². The van der Waals surface area contributed by atoms with Gasteiger partial charge in [-0.15, -0.1) is 0 Å². The summed E-state index contributed by atoms with van der Waals surface area (Å²) in [6, 6.07) is 9.25. The fourth-order valence-corrected chi connectivity index (χ4v) is 4.52. The molecule has 2 rings (SSSR count). The predicted octanol–water partition coefficient (Wildman–Crippen LogP) is 7.81. The molecule has 172 valence electrons. The number of hydrogen-bond acceptors (Lipinski definition) is 2. The molecule has 2 aromatic carbocycles. The number of nitrogen functional groups attached to an aromatic ring is 2. The number of unbranched alkanes of at least 4 members (excludes halogenated alkanes) is 4. The van der Waals surface area contributed by atoms with Gasteiger partial charge in [0.2, 0.25) is 0 Å². The molecule has 0 aliphatic rings. The Bertz CT molecular complexity index is 739. The van der Waals surface area contributed by atoms with Crippen LogP contribution >= 0.6 is 0 Å². The molecule has 0 amide bonds. The van der Waals surface area contributed by atoms with E-state index >= 15 is 0 Å². The van der Waals surface area contributed by atoms with E-state index in [0.29, 0.717) is 0 Å². The highest BCUT2D eigenvalue weighted by molar-refractivity contribution is 5.61. The van der Waals surface area contributed by atoms with Crippen LogP contribution in [0.4, 0.5) is 11.4 Å². The largest absolute Gasteiger partial charge is 0.398 e. The lowest BCUT2D eigenvalue weighted by atomic mass is 9.87. The quantitative estimate of drug-likeness (QED) is 0.305. The summed E-state index contributed by atoms with van der Waals surface area (Å²) in [5.41, 5.74) is 23.7. The third-order valence-corrected chi connectivity index (χ3v) is 6.63. The van der Waals surface area contributed by atoms with E-state index in [9.17, 15) is 0 Å². The van der Waals surface area contributed by atoms with E-state index in [-0.39, 0.29) is 0 Å². The summed E-state index contributed by atoms with van der Waals surface area (Å²) in [7, 11) is 0. The van der Waals surface area contributed by atoms with Gasteiger partial charge >= 0.3 is 0 Å². The molecule has 0 spiro atoms. The first-order valence-electron chi connectivity index (χ1n) is 12.8. The van der Waals surface area contributed by atoms with Crippen molar-refractivity contribution in [3.63, 3.8) is 0 Å². The number of aryl methyl sites for hydroxylation is 2. The number of hydrogen-bond donors (Lipinski definition) is 2. The van der Waals surface area contributed by atoms with Crippen LogP contribution in [0.25, 0.3) is 0 Å². The highest BCUT2D eigenvalue weighted by atomic mass is 14.6. The van der Waals surface area contributed by atoms with Gasteiger partial charge in [-0.3, -0.25) is 0 Å². The molecule has 31 heavy (non-hydrogen) atoms. The van der Waals surface area contributed by atoms with Crippen molar-refractivity contribution in [1.82, 2.24) is 0 Å². The van der Waals surface area contributed by atoms with Gasteiger partial charge in [0.1, 0.15) is 0 Å². The minimum absolute atomic E-state index is 0.939. The summed E-state index contributed by atoms with van der Waals surface area (Å²) >= 11 is 0. The molecule has 0 unspecified atom stereocenters. The van der Waals surface area contributed by atoms with Crippen LogP contribution in [0.1, 0.15) is 112 Å². The molecule has 2 heteroatoms. The van der Waals surface area contributed by atoms with Crippen LogP contribution in [0.15, 0.2) is 24.3 Å². The lowest BCUT2D eigenvalue weighted by Crippen LogP contribution is -2.09. The Morgan fingerprint density at radius 3 is 1.16 bits per heavy atom. The third-order valence-electron chi connectivity index (χ3n) is 6.63. The van der Waals surface area contributed by atoms with E-state index in [2.05, 4.69) is 52.0 Å². The second-order valence-electron chi connectivity index (χ2n) is 9.14. The predicted molar refractivity (Wildman–Crippen MR) is 139 cm³/mol. The van der Waals surface area contributed by atoms with E-state index in [0.717, 1.165) is 43.5 Å². The molecular weight excluding hydrogens is 376 g/mol. The maximum Gasteiger partial charge on any atom is 0.0382 e. The Balaban J connectivity index is 2.42. The van der Waals surface area contributed by atoms with Crippen LogP contribution < -0.4 is 11.5 Å². The molecule has 0 heterocycles. The van der Waals surface area contributed by atoms with E-state index in [1.807, 2.05) is 0 Å². The van der Waals surface area contributed by atoms with Crippen molar-refractivity contribution >= 4 is 11.4 Å². The first-order valence-corrected chi connectivity index (χ1v) is 12.8. The summed E-state index contributed by atoms with van der Waals surface area (Å²) in [6.45, 7) is 9.01. The Morgan fingerprint density at radius 2 is 0.806 bits per heavy atom. The zero-order valence-electron chi connectivity index (χ0n) is 20.7. The fourth-order valence-electron chi connectivity index (χ4n) is 4.52. The molecule has 0 fully saturated rings. The van der Waals surface area contributed by atoms with Gasteiger partial charge in [0.05, 0.1) is 0 Å². The summed E-state index contributed by atoms with van der Waals surface area (Å²) in [5.74, 6) is 0. The van der Waals surface area contributed by atoms with Crippen molar-refractivity contribution < 1.29 is 0 Å². The van der Waals surface area contributed by atoms with Crippen molar-refractivity contribution in [3.05, 3.63) is 57.6 Å². The second kappa shape index (κ2) is 13.5. The van der Waals surface area contributed by atoms with Crippen LogP contribution in [0.5, 0.6) is 0 Å². The number of benzene rings is 2. The molecular formula is C29H46N2. The van der Waals surface area contributed by atoms with Crippen molar-refractivity contribution in [2.75, 3.05) is 11.5 Å². The molecule has 0 saturated heterocycles.